The molecule has 4 atom stereocenters. The fourth-order valence-electron chi connectivity index (χ4n) is 3.12. The highest BCUT2D eigenvalue weighted by Crippen LogP contribution is 2.43. The van der Waals surface area contributed by atoms with Crippen LogP contribution in [0.25, 0.3) is 11.0 Å². The molecule has 3 aromatic rings. The maximum Gasteiger partial charge on any atom is 0.368 e. The average Bonchev–Trinajstić information content (AvgIpc) is 3.18. The Bertz CT molecular complexity index is 1160. The summed E-state index contributed by atoms with van der Waals surface area (Å²) < 4.78 is 71.4. The minimum atomic E-state index is -3.19. The molecule has 4 rings (SSSR count). The lowest BCUT2D eigenvalue weighted by molar-refractivity contribution is -0.190. The third-order valence-electron chi connectivity index (χ3n) is 4.50. The van der Waals surface area contributed by atoms with Crippen LogP contribution < -0.4 is 15.8 Å². The summed E-state index contributed by atoms with van der Waals surface area (Å²) >= 11 is 0. The van der Waals surface area contributed by atoms with Gasteiger partial charge in [0, 0.05) is 12.6 Å². The number of alkyl halides is 2. The highest BCUT2D eigenvalue weighted by Gasteiger charge is 2.52. The molecule has 1 aliphatic rings. The van der Waals surface area contributed by atoms with Crippen molar-refractivity contribution in [1.82, 2.24) is 14.5 Å². The van der Waals surface area contributed by atoms with Gasteiger partial charge in [-0.05, 0) is 12.1 Å². The van der Waals surface area contributed by atoms with Crippen LogP contribution in [0.3, 0.4) is 0 Å². The van der Waals surface area contributed by atoms with Crippen LogP contribution in [0.2, 0.25) is 0 Å². The van der Waals surface area contributed by atoms with Crippen LogP contribution >= 0.6 is 8.25 Å². The number of nitrogens with zero attached hydrogens (tertiary/aromatic N) is 2. The Labute approximate surface area is 167 Å². The molecular weight excluding hydrogens is 428 g/mol. The smallest absolute Gasteiger partial charge is 0.368 e. The minimum Gasteiger partial charge on any atom is -0.426 e. The Morgan fingerprint density at radius 1 is 1.40 bits per heavy atom. The van der Waals surface area contributed by atoms with Gasteiger partial charge in [0.25, 0.3) is 11.4 Å². The van der Waals surface area contributed by atoms with Crippen LogP contribution in [-0.4, -0.2) is 33.2 Å². The predicted octanol–water partition coefficient (Wildman–Crippen LogP) is 2.85. The molecule has 0 saturated carbocycles. The van der Waals surface area contributed by atoms with Crippen molar-refractivity contribution < 1.29 is 31.5 Å². The number of aromatic nitrogens is 3. The van der Waals surface area contributed by atoms with E-state index in [4.69, 9.17) is 19.5 Å². The molecule has 1 saturated heterocycles. The van der Waals surface area contributed by atoms with Gasteiger partial charge >= 0.3 is 8.25 Å². The number of hydrogen-bond donors (Lipinski definition) is 2. The molecule has 0 amide bonds. The molecule has 30 heavy (non-hydrogen) atoms. The Balaban J connectivity index is 1.50. The first-order chi connectivity index (χ1) is 14.3. The summed E-state index contributed by atoms with van der Waals surface area (Å²) in [6.45, 7) is -1.02. The highest BCUT2D eigenvalue weighted by molar-refractivity contribution is 7.33. The Kier molecular flexibility index (Phi) is 5.31. The van der Waals surface area contributed by atoms with Gasteiger partial charge in [-0.3, -0.25) is 14.3 Å². The molecule has 1 unspecified atom stereocenters. The number of rotatable bonds is 6. The summed E-state index contributed by atoms with van der Waals surface area (Å²) in [4.78, 5) is 17.8. The minimum absolute atomic E-state index is 0.225. The zero-order chi connectivity index (χ0) is 21.5. The van der Waals surface area contributed by atoms with Gasteiger partial charge in [-0.15, -0.1) is 0 Å². The van der Waals surface area contributed by atoms with Crippen molar-refractivity contribution in [2.75, 3.05) is 12.3 Å². The van der Waals surface area contributed by atoms with Crippen molar-refractivity contribution in [1.29, 1.82) is 0 Å². The first kappa shape index (κ1) is 20.5. The number of nitrogens with one attached hydrogen (secondary N) is 1. The van der Waals surface area contributed by atoms with Crippen molar-refractivity contribution in [3.63, 3.8) is 0 Å². The van der Waals surface area contributed by atoms with Crippen molar-refractivity contribution in [2.45, 2.75) is 24.7 Å². The molecular formula is C17H16F3N4O5P. The standard InChI is InChI=1S/C17H16F3N4O5P/c18-10-7-24(14-13(10)15(25)23-16(21)22-14)12-6-11(19)17(20,28-12)8-27-30(26)29-9-4-2-1-3-5-9/h1-5,7,11-12,30H,6,8H2,(H3,21,22,23,25)/t11-,12+,17+/m0/s1. The summed E-state index contributed by atoms with van der Waals surface area (Å²) in [6.07, 6.45) is -3.21. The lowest BCUT2D eigenvalue weighted by atomic mass is 10.2. The van der Waals surface area contributed by atoms with Crippen molar-refractivity contribution in [2.24, 2.45) is 0 Å². The topological polar surface area (TPSA) is 121 Å². The van der Waals surface area contributed by atoms with Crippen LogP contribution in [0.15, 0.2) is 41.3 Å². The molecule has 1 aliphatic heterocycles. The van der Waals surface area contributed by atoms with E-state index in [1.54, 1.807) is 18.2 Å². The first-order valence-corrected chi connectivity index (χ1v) is 9.95. The normalized spacial score (nSPS) is 24.9. The second-order valence-corrected chi connectivity index (χ2v) is 7.54. The lowest BCUT2D eigenvalue weighted by Gasteiger charge is -2.22. The number of halogens is 3. The molecule has 0 spiro atoms. The molecule has 3 N–H and O–H groups in total. The number of aromatic amines is 1. The monoisotopic (exact) mass is 444 g/mol. The van der Waals surface area contributed by atoms with E-state index < -0.39 is 56.3 Å². The SMILES string of the molecule is Nc1nc2c(c(F)cn2[C@H]2C[C@H](F)[C@@](F)(CO[PH](=O)Oc3ccccc3)O2)c(=O)[nH]1. The van der Waals surface area contributed by atoms with Gasteiger partial charge in [-0.2, -0.15) is 4.98 Å². The number of nitrogen functional groups attached to an aromatic ring is 1. The molecule has 160 valence electrons. The maximum atomic E-state index is 15.0. The van der Waals surface area contributed by atoms with E-state index in [-0.39, 0.29) is 17.3 Å². The van der Waals surface area contributed by atoms with Gasteiger partial charge < -0.3 is 19.6 Å². The number of nitrogens with two attached hydrogens (primary N) is 1. The summed E-state index contributed by atoms with van der Waals surface area (Å²) in [7, 11) is -3.19. The molecule has 2 aromatic heterocycles. The molecule has 9 nitrogen and oxygen atoms in total. The molecule has 1 aromatic carbocycles. The van der Waals surface area contributed by atoms with Crippen molar-refractivity contribution >= 4 is 25.2 Å². The van der Waals surface area contributed by atoms with Gasteiger partial charge in [0.05, 0.1) is 0 Å². The van der Waals surface area contributed by atoms with Gasteiger partial charge in [-0.1, -0.05) is 18.2 Å². The number of fused-ring (bicyclic) bond motifs is 1. The largest absolute Gasteiger partial charge is 0.426 e. The number of hydrogen-bond acceptors (Lipinski definition) is 7. The van der Waals surface area contributed by atoms with E-state index in [9.17, 15) is 22.5 Å². The van der Waals surface area contributed by atoms with Gasteiger partial charge in [-0.25, -0.2) is 17.7 Å². The van der Waals surface area contributed by atoms with Crippen LogP contribution in [-0.2, 0) is 13.8 Å². The summed E-state index contributed by atoms with van der Waals surface area (Å²) in [5.41, 5.74) is 4.41. The first-order valence-electron chi connectivity index (χ1n) is 8.73. The van der Waals surface area contributed by atoms with Gasteiger partial charge in [0.2, 0.25) is 5.95 Å². The van der Waals surface area contributed by atoms with Crippen LogP contribution in [0.1, 0.15) is 12.6 Å². The lowest BCUT2D eigenvalue weighted by Crippen LogP contribution is -2.36. The second-order valence-electron chi connectivity index (χ2n) is 6.55. The zero-order valence-electron chi connectivity index (χ0n) is 15.2. The summed E-state index contributed by atoms with van der Waals surface area (Å²) in [6, 6.07) is 8.02. The number of H-pyrrole nitrogens is 1. The summed E-state index contributed by atoms with van der Waals surface area (Å²) in [5.74, 6) is -3.98. The van der Waals surface area contributed by atoms with Crippen molar-refractivity contribution in [3.8, 4) is 5.75 Å². The number of ether oxygens (including phenoxy) is 1. The highest BCUT2D eigenvalue weighted by atomic mass is 31.1. The Morgan fingerprint density at radius 2 is 2.13 bits per heavy atom. The van der Waals surface area contributed by atoms with E-state index in [1.165, 1.54) is 12.1 Å². The maximum absolute atomic E-state index is 15.0. The summed E-state index contributed by atoms with van der Waals surface area (Å²) in [5, 5.41) is -0.419. The average molecular weight is 444 g/mol. The molecule has 0 bridgehead atoms. The molecule has 1 fully saturated rings. The van der Waals surface area contributed by atoms with Crippen LogP contribution in [0.4, 0.5) is 19.1 Å². The quantitative estimate of drug-likeness (QED) is 0.561. The van der Waals surface area contributed by atoms with Gasteiger partial charge in [0.15, 0.2) is 17.6 Å². The molecule has 3 heterocycles. The third-order valence-corrected chi connectivity index (χ3v) is 5.29. The van der Waals surface area contributed by atoms with Crippen molar-refractivity contribution in [3.05, 3.63) is 52.7 Å². The Hall–Kier alpha value is -2.82. The Morgan fingerprint density at radius 3 is 2.87 bits per heavy atom. The van der Waals surface area contributed by atoms with Gasteiger partial charge in [0.1, 0.15) is 24.0 Å². The fraction of sp³-hybridized carbons (Fsp3) is 0.294. The number of anilines is 1. The molecule has 13 heteroatoms. The van der Waals surface area contributed by atoms with E-state index in [2.05, 4.69) is 9.97 Å². The fourth-order valence-corrected chi connectivity index (χ4v) is 3.82. The van der Waals surface area contributed by atoms with E-state index in [0.29, 0.717) is 0 Å². The van der Waals surface area contributed by atoms with Crippen LogP contribution in [0.5, 0.6) is 5.75 Å². The number of para-hydroxylation sites is 1. The molecule has 0 radical (unpaired) electrons. The number of benzene rings is 1. The van der Waals surface area contributed by atoms with E-state index >= 15 is 0 Å². The third kappa shape index (κ3) is 3.81. The van der Waals surface area contributed by atoms with Crippen LogP contribution in [0, 0.1) is 5.82 Å². The van der Waals surface area contributed by atoms with E-state index in [1.807, 2.05) is 0 Å². The molecule has 0 aliphatic carbocycles. The van der Waals surface area contributed by atoms with E-state index in [0.717, 1.165) is 10.8 Å². The predicted molar refractivity (Wildman–Crippen MR) is 100 cm³/mol. The zero-order valence-corrected chi connectivity index (χ0v) is 16.2. The second kappa shape index (κ2) is 7.78.